The van der Waals surface area contributed by atoms with Crippen LogP contribution in [0.5, 0.6) is 0 Å². The van der Waals surface area contributed by atoms with E-state index in [2.05, 4.69) is 15.3 Å². The predicted molar refractivity (Wildman–Crippen MR) is 106 cm³/mol. The van der Waals surface area contributed by atoms with Crippen LogP contribution < -0.4 is 10.9 Å². The van der Waals surface area contributed by atoms with Crippen molar-refractivity contribution in [1.82, 2.24) is 15.3 Å². The molecule has 0 fully saturated rings. The zero-order chi connectivity index (χ0) is 18.8. The van der Waals surface area contributed by atoms with Crippen molar-refractivity contribution in [3.05, 3.63) is 56.4 Å². The zero-order valence-corrected chi connectivity index (χ0v) is 16.1. The molecule has 0 saturated heterocycles. The first-order chi connectivity index (χ1) is 13.1. The number of aryl methyl sites for hydroxylation is 2. The van der Waals surface area contributed by atoms with Gasteiger partial charge in [0.05, 0.1) is 11.1 Å². The number of rotatable bonds is 5. The monoisotopic (exact) mass is 403 g/mol. The first kappa shape index (κ1) is 18.2. The van der Waals surface area contributed by atoms with Gasteiger partial charge in [-0.1, -0.05) is 30.0 Å². The Bertz CT molecular complexity index is 1060. The quantitative estimate of drug-likeness (QED) is 0.506. The summed E-state index contributed by atoms with van der Waals surface area (Å²) in [5.41, 5.74) is 1.45. The topological polar surface area (TPSA) is 74.8 Å². The average Bonchev–Trinajstić information content (AvgIpc) is 3.04. The van der Waals surface area contributed by atoms with Crippen molar-refractivity contribution in [1.29, 1.82) is 0 Å². The number of aromatic nitrogens is 2. The molecule has 0 bridgehead atoms. The van der Waals surface area contributed by atoms with Crippen LogP contribution >= 0.6 is 23.1 Å². The number of halogens is 1. The van der Waals surface area contributed by atoms with Crippen molar-refractivity contribution in [2.24, 2.45) is 0 Å². The highest BCUT2D eigenvalue weighted by molar-refractivity contribution is 7.99. The second-order valence-electron chi connectivity index (χ2n) is 6.42. The van der Waals surface area contributed by atoms with Gasteiger partial charge < -0.3 is 10.3 Å². The number of amides is 1. The number of hydrogen-bond acceptors (Lipinski definition) is 5. The van der Waals surface area contributed by atoms with E-state index in [9.17, 15) is 14.0 Å². The van der Waals surface area contributed by atoms with Gasteiger partial charge in [-0.3, -0.25) is 9.59 Å². The molecule has 0 atom stereocenters. The van der Waals surface area contributed by atoms with Gasteiger partial charge in [-0.05, 0) is 37.3 Å². The van der Waals surface area contributed by atoms with Gasteiger partial charge in [0.15, 0.2) is 5.16 Å². The molecule has 5 nitrogen and oxygen atoms in total. The molecule has 0 unspecified atom stereocenters. The van der Waals surface area contributed by atoms with Crippen molar-refractivity contribution in [2.75, 3.05) is 5.75 Å². The number of thioether (sulfide) groups is 1. The fraction of sp³-hybridized carbons (Fsp3) is 0.316. The average molecular weight is 404 g/mol. The maximum Gasteiger partial charge on any atom is 0.260 e. The first-order valence-corrected chi connectivity index (χ1v) is 10.6. The molecule has 0 aliphatic heterocycles. The van der Waals surface area contributed by atoms with E-state index in [1.165, 1.54) is 22.7 Å². The molecule has 0 saturated carbocycles. The van der Waals surface area contributed by atoms with Gasteiger partial charge in [0.2, 0.25) is 5.91 Å². The Labute approximate surface area is 163 Å². The van der Waals surface area contributed by atoms with Crippen LogP contribution in [-0.4, -0.2) is 21.6 Å². The molecular weight excluding hydrogens is 385 g/mol. The maximum absolute atomic E-state index is 13.6. The summed E-state index contributed by atoms with van der Waals surface area (Å²) < 4.78 is 13.6. The summed E-state index contributed by atoms with van der Waals surface area (Å²) in [6.07, 6.45) is 4.21. The molecule has 1 aliphatic carbocycles. The molecule has 4 rings (SSSR count). The molecule has 0 radical (unpaired) electrons. The Morgan fingerprint density at radius 3 is 2.96 bits per heavy atom. The number of benzene rings is 1. The third-order valence-corrected chi connectivity index (χ3v) is 6.64. The Morgan fingerprint density at radius 1 is 1.30 bits per heavy atom. The standard InChI is InChI=1S/C19H18FN3O2S2/c20-13-7-3-1-5-11(13)9-21-15(24)10-26-19-22-17(25)16-12-6-2-4-8-14(12)27-18(16)23-19/h1,3,5,7H,2,4,6,8-10H2,(H,21,24)(H,22,23,25). The van der Waals surface area contributed by atoms with Crippen molar-refractivity contribution in [3.8, 4) is 0 Å². The number of aromatic amines is 1. The van der Waals surface area contributed by atoms with Crippen molar-refractivity contribution in [2.45, 2.75) is 37.4 Å². The van der Waals surface area contributed by atoms with Gasteiger partial charge in [0.25, 0.3) is 5.56 Å². The number of hydrogen-bond donors (Lipinski definition) is 2. The van der Waals surface area contributed by atoms with Crippen LogP contribution in [-0.2, 0) is 24.2 Å². The van der Waals surface area contributed by atoms with Crippen molar-refractivity contribution in [3.63, 3.8) is 0 Å². The van der Waals surface area contributed by atoms with Gasteiger partial charge in [0, 0.05) is 17.0 Å². The number of carbonyl (C=O) groups is 1. The second-order valence-corrected chi connectivity index (χ2v) is 8.47. The Morgan fingerprint density at radius 2 is 2.11 bits per heavy atom. The van der Waals surface area contributed by atoms with Crippen molar-refractivity contribution < 1.29 is 9.18 Å². The molecular formula is C19H18FN3O2S2. The number of nitrogens with zero attached hydrogens (tertiary/aromatic N) is 1. The molecule has 27 heavy (non-hydrogen) atoms. The molecule has 3 aromatic rings. The van der Waals surface area contributed by atoms with E-state index in [1.807, 2.05) is 0 Å². The van der Waals surface area contributed by atoms with E-state index in [-0.39, 0.29) is 29.6 Å². The highest BCUT2D eigenvalue weighted by atomic mass is 32.2. The van der Waals surface area contributed by atoms with E-state index >= 15 is 0 Å². The zero-order valence-electron chi connectivity index (χ0n) is 14.5. The molecule has 2 heterocycles. The molecule has 2 N–H and O–H groups in total. The minimum Gasteiger partial charge on any atom is -0.351 e. The molecule has 1 amide bonds. The third-order valence-electron chi connectivity index (χ3n) is 4.58. The van der Waals surface area contributed by atoms with Crippen LogP contribution in [0.3, 0.4) is 0 Å². The lowest BCUT2D eigenvalue weighted by Gasteiger charge is -2.09. The van der Waals surface area contributed by atoms with Gasteiger partial charge in [-0.2, -0.15) is 0 Å². The van der Waals surface area contributed by atoms with Crippen LogP contribution in [0.2, 0.25) is 0 Å². The van der Waals surface area contributed by atoms with Gasteiger partial charge >= 0.3 is 0 Å². The normalized spacial score (nSPS) is 13.5. The summed E-state index contributed by atoms with van der Waals surface area (Å²) in [4.78, 5) is 33.9. The molecule has 2 aromatic heterocycles. The number of thiophene rings is 1. The minimum atomic E-state index is -0.344. The molecule has 0 spiro atoms. The van der Waals surface area contributed by atoms with E-state index in [4.69, 9.17) is 0 Å². The third kappa shape index (κ3) is 3.91. The smallest absolute Gasteiger partial charge is 0.260 e. The summed E-state index contributed by atoms with van der Waals surface area (Å²) in [5, 5.41) is 3.83. The molecule has 1 aliphatic rings. The Hall–Kier alpha value is -2.19. The number of fused-ring (bicyclic) bond motifs is 3. The lowest BCUT2D eigenvalue weighted by Crippen LogP contribution is -2.25. The first-order valence-electron chi connectivity index (χ1n) is 8.79. The molecule has 140 valence electrons. The van der Waals surface area contributed by atoms with Crippen LogP contribution in [0.1, 0.15) is 28.8 Å². The highest BCUT2D eigenvalue weighted by Crippen LogP contribution is 2.34. The minimum absolute atomic E-state index is 0.105. The van der Waals surface area contributed by atoms with Gasteiger partial charge in [-0.25, -0.2) is 9.37 Å². The van der Waals surface area contributed by atoms with E-state index in [0.717, 1.165) is 36.1 Å². The summed E-state index contributed by atoms with van der Waals surface area (Å²) >= 11 is 2.76. The fourth-order valence-electron chi connectivity index (χ4n) is 3.23. The summed E-state index contributed by atoms with van der Waals surface area (Å²) in [6, 6.07) is 6.33. The molecule has 1 aromatic carbocycles. The largest absolute Gasteiger partial charge is 0.351 e. The van der Waals surface area contributed by atoms with E-state index in [1.54, 1.807) is 29.5 Å². The van der Waals surface area contributed by atoms with Crippen molar-refractivity contribution >= 4 is 39.2 Å². The van der Waals surface area contributed by atoms with Crippen LogP contribution in [0.25, 0.3) is 10.2 Å². The summed E-state index contributed by atoms with van der Waals surface area (Å²) in [7, 11) is 0. The van der Waals surface area contributed by atoms with Gasteiger partial charge in [0.1, 0.15) is 10.6 Å². The van der Waals surface area contributed by atoms with Crippen LogP contribution in [0.15, 0.2) is 34.2 Å². The maximum atomic E-state index is 13.6. The number of nitrogens with one attached hydrogen (secondary N) is 2. The lowest BCUT2D eigenvalue weighted by molar-refractivity contribution is -0.118. The van der Waals surface area contributed by atoms with Crippen LogP contribution in [0, 0.1) is 5.82 Å². The van der Waals surface area contributed by atoms with Crippen LogP contribution in [0.4, 0.5) is 4.39 Å². The SMILES string of the molecule is O=C(CSc1nc2sc3c(c2c(=O)[nH]1)CCCC3)NCc1ccccc1F. The highest BCUT2D eigenvalue weighted by Gasteiger charge is 2.20. The fourth-order valence-corrected chi connectivity index (χ4v) is 5.24. The Balaban J connectivity index is 1.42. The van der Waals surface area contributed by atoms with E-state index in [0.29, 0.717) is 16.1 Å². The van der Waals surface area contributed by atoms with Gasteiger partial charge in [-0.15, -0.1) is 11.3 Å². The number of carbonyl (C=O) groups excluding carboxylic acids is 1. The lowest BCUT2D eigenvalue weighted by atomic mass is 9.97. The number of H-pyrrole nitrogens is 1. The summed E-state index contributed by atoms with van der Waals surface area (Å²) in [6.45, 7) is 0.132. The predicted octanol–water partition coefficient (Wildman–Crippen LogP) is 3.41. The Kier molecular flexibility index (Phi) is 5.27. The summed E-state index contributed by atoms with van der Waals surface area (Å²) in [5.74, 6) is -0.478. The van der Waals surface area contributed by atoms with E-state index < -0.39 is 0 Å². The molecule has 8 heteroatoms. The second kappa shape index (κ2) is 7.82.